The van der Waals surface area contributed by atoms with Gasteiger partial charge >= 0.3 is 6.03 Å². The van der Waals surface area contributed by atoms with Crippen molar-refractivity contribution >= 4 is 24.6 Å². The van der Waals surface area contributed by atoms with Crippen LogP contribution in [0.4, 0.5) is 4.79 Å². The Balaban J connectivity index is 1.78. The van der Waals surface area contributed by atoms with Gasteiger partial charge in [-0.25, -0.2) is 4.79 Å². The predicted molar refractivity (Wildman–Crippen MR) is 103 cm³/mol. The largest absolute Gasteiger partial charge is 0.339 e. The summed E-state index contributed by atoms with van der Waals surface area (Å²) in [5, 5.41) is 2.76. The number of rotatable bonds is 7. The molecule has 3 amide bonds. The molecule has 25 heavy (non-hydrogen) atoms. The molecule has 6 nitrogen and oxygen atoms in total. The Bertz CT molecular complexity index is 547. The minimum Gasteiger partial charge on any atom is -0.339 e. The fourth-order valence-corrected chi connectivity index (χ4v) is 3.02. The Morgan fingerprint density at radius 3 is 2.44 bits per heavy atom. The fraction of sp³-hybridized carbons (Fsp3) is 0.556. The normalized spacial score (nSPS) is 15.0. The second kappa shape index (κ2) is 10.3. The molecule has 0 unspecified atom stereocenters. The van der Waals surface area contributed by atoms with E-state index in [9.17, 15) is 9.59 Å². The van der Waals surface area contributed by atoms with E-state index in [1.165, 1.54) is 5.56 Å². The second-order valence-electron chi connectivity index (χ2n) is 6.29. The third kappa shape index (κ3) is 6.59. The van der Waals surface area contributed by atoms with Gasteiger partial charge in [-0.1, -0.05) is 30.3 Å². The van der Waals surface area contributed by atoms with E-state index in [-0.39, 0.29) is 18.5 Å². The van der Waals surface area contributed by atoms with Crippen LogP contribution in [0, 0.1) is 0 Å². The number of likely N-dealkylation sites (N-methyl/N-ethyl adjacent to an activating group) is 1. The predicted octanol–water partition coefficient (Wildman–Crippen LogP) is 0.945. The lowest BCUT2D eigenvalue weighted by atomic mass is 10.1. The van der Waals surface area contributed by atoms with Crippen molar-refractivity contribution in [3.05, 3.63) is 35.9 Å². The molecular weight excluding hydrogens is 336 g/mol. The summed E-state index contributed by atoms with van der Waals surface area (Å²) in [5.74, 6) is 0.574. The number of urea groups is 1. The molecule has 0 aromatic heterocycles. The molecule has 0 aliphatic carbocycles. The van der Waals surface area contributed by atoms with E-state index < -0.39 is 0 Å². The minimum absolute atomic E-state index is 0.0182. The van der Waals surface area contributed by atoms with Crippen molar-refractivity contribution in [1.82, 2.24) is 20.0 Å². The van der Waals surface area contributed by atoms with Crippen LogP contribution in [-0.4, -0.2) is 85.3 Å². The Morgan fingerprint density at radius 1 is 1.12 bits per heavy atom. The first-order valence-electron chi connectivity index (χ1n) is 8.74. The molecule has 0 spiro atoms. The Kier molecular flexibility index (Phi) is 8.08. The highest BCUT2D eigenvalue weighted by molar-refractivity contribution is 7.80. The van der Waals surface area contributed by atoms with Gasteiger partial charge in [-0.05, 0) is 19.0 Å². The summed E-state index contributed by atoms with van der Waals surface area (Å²) in [4.78, 5) is 30.4. The van der Waals surface area contributed by atoms with Crippen molar-refractivity contribution in [3.8, 4) is 0 Å². The lowest BCUT2D eigenvalue weighted by Crippen LogP contribution is -2.51. The van der Waals surface area contributed by atoms with Crippen LogP contribution in [0.2, 0.25) is 0 Å². The first-order valence-corrected chi connectivity index (χ1v) is 9.37. The van der Waals surface area contributed by atoms with Crippen LogP contribution in [-0.2, 0) is 11.2 Å². The zero-order valence-electron chi connectivity index (χ0n) is 14.9. The van der Waals surface area contributed by atoms with Crippen LogP contribution in [0.3, 0.4) is 0 Å². The molecule has 138 valence electrons. The number of nitrogens with zero attached hydrogens (tertiary/aromatic N) is 3. The van der Waals surface area contributed by atoms with E-state index in [0.717, 1.165) is 32.6 Å². The van der Waals surface area contributed by atoms with Crippen molar-refractivity contribution < 1.29 is 9.59 Å². The van der Waals surface area contributed by atoms with E-state index in [1.54, 1.807) is 4.90 Å². The van der Waals surface area contributed by atoms with Gasteiger partial charge in [0.1, 0.15) is 0 Å². The van der Waals surface area contributed by atoms with Crippen LogP contribution in [0.15, 0.2) is 30.3 Å². The van der Waals surface area contributed by atoms with Gasteiger partial charge in [0.2, 0.25) is 5.91 Å². The number of thiol groups is 1. The van der Waals surface area contributed by atoms with Gasteiger partial charge in [-0.3, -0.25) is 4.79 Å². The van der Waals surface area contributed by atoms with E-state index in [1.807, 2.05) is 42.3 Å². The van der Waals surface area contributed by atoms with Gasteiger partial charge in [-0.15, -0.1) is 0 Å². The SMILES string of the molecule is CN1CCN(C(=O)CNC(=O)N(CCS)CCc2ccccc2)CC1. The molecule has 0 bridgehead atoms. The molecule has 1 fully saturated rings. The number of nitrogens with one attached hydrogen (secondary N) is 1. The highest BCUT2D eigenvalue weighted by Gasteiger charge is 2.20. The van der Waals surface area contributed by atoms with Gasteiger partial charge in [0.05, 0.1) is 6.54 Å². The summed E-state index contributed by atoms with van der Waals surface area (Å²) in [6.45, 7) is 4.42. The van der Waals surface area contributed by atoms with E-state index in [2.05, 4.69) is 22.8 Å². The molecule has 2 rings (SSSR count). The molecule has 0 radical (unpaired) electrons. The van der Waals surface area contributed by atoms with E-state index in [0.29, 0.717) is 18.8 Å². The second-order valence-corrected chi connectivity index (χ2v) is 6.74. The number of carbonyl (C=O) groups is 2. The van der Waals surface area contributed by atoms with Crippen molar-refractivity contribution in [2.24, 2.45) is 0 Å². The molecule has 1 aromatic rings. The fourth-order valence-electron chi connectivity index (χ4n) is 2.78. The molecule has 0 saturated carbocycles. The first kappa shape index (κ1) is 19.6. The third-order valence-electron chi connectivity index (χ3n) is 4.42. The van der Waals surface area contributed by atoms with Gasteiger partial charge in [0, 0.05) is 45.0 Å². The molecule has 1 aliphatic rings. The summed E-state index contributed by atoms with van der Waals surface area (Å²) in [5.41, 5.74) is 1.19. The van der Waals surface area contributed by atoms with Crippen LogP contribution in [0.5, 0.6) is 0 Å². The van der Waals surface area contributed by atoms with Crippen LogP contribution < -0.4 is 5.32 Å². The number of amides is 3. The van der Waals surface area contributed by atoms with Crippen LogP contribution in [0.1, 0.15) is 5.56 Å². The van der Waals surface area contributed by atoms with Gasteiger partial charge in [0.15, 0.2) is 0 Å². The summed E-state index contributed by atoms with van der Waals surface area (Å²) >= 11 is 4.23. The summed E-state index contributed by atoms with van der Waals surface area (Å²) < 4.78 is 0. The molecule has 1 saturated heterocycles. The zero-order valence-corrected chi connectivity index (χ0v) is 15.8. The van der Waals surface area contributed by atoms with Crippen molar-refractivity contribution in [2.75, 3.05) is 58.6 Å². The zero-order chi connectivity index (χ0) is 18.1. The molecule has 7 heteroatoms. The highest BCUT2D eigenvalue weighted by Crippen LogP contribution is 2.03. The van der Waals surface area contributed by atoms with Crippen LogP contribution >= 0.6 is 12.6 Å². The topological polar surface area (TPSA) is 55.9 Å². The van der Waals surface area contributed by atoms with Crippen molar-refractivity contribution in [1.29, 1.82) is 0 Å². The van der Waals surface area contributed by atoms with E-state index in [4.69, 9.17) is 0 Å². The van der Waals surface area contributed by atoms with E-state index >= 15 is 0 Å². The number of hydrogen-bond donors (Lipinski definition) is 2. The monoisotopic (exact) mass is 364 g/mol. The number of benzene rings is 1. The van der Waals surface area contributed by atoms with Crippen LogP contribution in [0.25, 0.3) is 0 Å². The first-order chi connectivity index (χ1) is 12.1. The molecule has 1 N–H and O–H groups in total. The maximum atomic E-state index is 12.4. The lowest BCUT2D eigenvalue weighted by Gasteiger charge is -2.32. The third-order valence-corrected chi connectivity index (χ3v) is 4.62. The molecule has 1 aromatic carbocycles. The summed E-state index contributed by atoms with van der Waals surface area (Å²) in [7, 11) is 2.05. The lowest BCUT2D eigenvalue weighted by molar-refractivity contribution is -0.131. The summed E-state index contributed by atoms with van der Waals surface area (Å²) in [6, 6.07) is 9.86. The average Bonchev–Trinajstić information content (AvgIpc) is 2.64. The number of carbonyl (C=O) groups excluding carboxylic acids is 2. The maximum absolute atomic E-state index is 12.4. The standard InChI is InChI=1S/C18H28N4O2S/c1-20-9-11-21(12-10-20)17(23)15-19-18(24)22(13-14-25)8-7-16-5-3-2-4-6-16/h2-6,25H,7-15H2,1H3,(H,19,24). The molecule has 1 aliphatic heterocycles. The molecular formula is C18H28N4O2S. The Labute approximate surface area is 155 Å². The maximum Gasteiger partial charge on any atom is 0.317 e. The quantitative estimate of drug-likeness (QED) is 0.708. The van der Waals surface area contributed by atoms with Gasteiger partial charge < -0.3 is 20.0 Å². The Hall–Kier alpha value is -1.73. The molecule has 0 atom stereocenters. The smallest absolute Gasteiger partial charge is 0.317 e. The van der Waals surface area contributed by atoms with Gasteiger partial charge in [0.25, 0.3) is 0 Å². The number of hydrogen-bond acceptors (Lipinski definition) is 4. The van der Waals surface area contributed by atoms with Gasteiger partial charge in [-0.2, -0.15) is 12.6 Å². The summed E-state index contributed by atoms with van der Waals surface area (Å²) in [6.07, 6.45) is 0.786. The van der Waals surface area contributed by atoms with Crippen molar-refractivity contribution in [2.45, 2.75) is 6.42 Å². The number of piperazine rings is 1. The Morgan fingerprint density at radius 2 is 1.80 bits per heavy atom. The highest BCUT2D eigenvalue weighted by atomic mass is 32.1. The average molecular weight is 365 g/mol. The molecule has 1 heterocycles. The minimum atomic E-state index is -0.201. The van der Waals surface area contributed by atoms with Crippen molar-refractivity contribution in [3.63, 3.8) is 0 Å².